The molecule has 146 valence electrons. The Bertz CT molecular complexity index is 932. The highest BCUT2D eigenvalue weighted by Crippen LogP contribution is 2.33. The van der Waals surface area contributed by atoms with Crippen LogP contribution in [0.4, 0.5) is 11.5 Å². The van der Waals surface area contributed by atoms with Gasteiger partial charge in [0.05, 0.1) is 5.69 Å². The van der Waals surface area contributed by atoms with E-state index in [2.05, 4.69) is 10.5 Å². The van der Waals surface area contributed by atoms with Crippen molar-refractivity contribution >= 4 is 29.2 Å². The van der Waals surface area contributed by atoms with Crippen molar-refractivity contribution in [3.8, 4) is 5.75 Å². The molecule has 3 heterocycles. The quantitative estimate of drug-likeness (QED) is 0.858. The summed E-state index contributed by atoms with van der Waals surface area (Å²) < 4.78 is 10.4. The van der Waals surface area contributed by atoms with Crippen molar-refractivity contribution in [2.45, 2.75) is 19.8 Å². The van der Waals surface area contributed by atoms with Crippen molar-refractivity contribution in [1.82, 2.24) is 10.1 Å². The van der Waals surface area contributed by atoms with Gasteiger partial charge < -0.3 is 19.5 Å². The van der Waals surface area contributed by atoms with Crippen molar-refractivity contribution < 1.29 is 23.6 Å². The van der Waals surface area contributed by atoms with E-state index in [-0.39, 0.29) is 30.8 Å². The van der Waals surface area contributed by atoms with Crippen molar-refractivity contribution in [2.24, 2.45) is 0 Å². The van der Waals surface area contributed by atoms with Crippen LogP contribution in [0.15, 0.2) is 28.8 Å². The zero-order valence-corrected chi connectivity index (χ0v) is 15.4. The van der Waals surface area contributed by atoms with E-state index in [0.29, 0.717) is 22.8 Å². The Morgan fingerprint density at radius 3 is 2.71 bits per heavy atom. The molecule has 3 amide bonds. The fourth-order valence-corrected chi connectivity index (χ4v) is 3.36. The zero-order chi connectivity index (χ0) is 19.7. The predicted molar refractivity (Wildman–Crippen MR) is 99.3 cm³/mol. The van der Waals surface area contributed by atoms with Gasteiger partial charge in [0.25, 0.3) is 11.8 Å². The first-order valence-electron chi connectivity index (χ1n) is 9.11. The summed E-state index contributed by atoms with van der Waals surface area (Å²) in [5.41, 5.74) is 0.879. The Kier molecular flexibility index (Phi) is 4.72. The normalized spacial score (nSPS) is 16.0. The Morgan fingerprint density at radius 1 is 1.21 bits per heavy atom. The van der Waals surface area contributed by atoms with Gasteiger partial charge in [0.15, 0.2) is 12.4 Å². The minimum Gasteiger partial charge on any atom is -0.482 e. The molecule has 9 heteroatoms. The molecule has 1 N–H and O–H groups in total. The monoisotopic (exact) mass is 384 g/mol. The van der Waals surface area contributed by atoms with E-state index in [9.17, 15) is 14.4 Å². The molecule has 9 nitrogen and oxygen atoms in total. The van der Waals surface area contributed by atoms with E-state index in [1.165, 1.54) is 4.90 Å². The summed E-state index contributed by atoms with van der Waals surface area (Å²) in [6, 6.07) is 6.54. The summed E-state index contributed by atoms with van der Waals surface area (Å²) in [6.07, 6.45) is 1.98. The molecule has 0 saturated carbocycles. The van der Waals surface area contributed by atoms with Crippen LogP contribution in [0.5, 0.6) is 5.75 Å². The summed E-state index contributed by atoms with van der Waals surface area (Å²) in [4.78, 5) is 40.5. The number of hydrogen-bond acceptors (Lipinski definition) is 6. The molecule has 0 aliphatic carbocycles. The number of amides is 3. The number of benzene rings is 1. The number of rotatable bonds is 4. The lowest BCUT2D eigenvalue weighted by Crippen LogP contribution is -2.43. The number of nitrogens with one attached hydrogen (secondary N) is 1. The van der Waals surface area contributed by atoms with Crippen LogP contribution in [0.3, 0.4) is 0 Å². The number of nitrogens with zero attached hydrogens (tertiary/aromatic N) is 3. The molecule has 2 aliphatic heterocycles. The first-order chi connectivity index (χ1) is 13.5. The zero-order valence-electron chi connectivity index (χ0n) is 15.4. The van der Waals surface area contributed by atoms with Gasteiger partial charge in [0, 0.05) is 24.7 Å². The Morgan fingerprint density at radius 2 is 2.00 bits per heavy atom. The molecule has 1 aromatic heterocycles. The fourth-order valence-electron chi connectivity index (χ4n) is 3.36. The number of hydrogen-bond donors (Lipinski definition) is 1. The van der Waals surface area contributed by atoms with Crippen LogP contribution in [0, 0.1) is 6.92 Å². The average Bonchev–Trinajstić information content (AvgIpc) is 3.35. The molecule has 28 heavy (non-hydrogen) atoms. The fraction of sp³-hybridized carbons (Fsp3) is 0.368. The lowest BCUT2D eigenvalue weighted by Gasteiger charge is -2.29. The van der Waals surface area contributed by atoms with Gasteiger partial charge in [-0.25, -0.2) is 0 Å². The van der Waals surface area contributed by atoms with E-state index in [0.717, 1.165) is 25.9 Å². The second-order valence-corrected chi connectivity index (χ2v) is 6.82. The van der Waals surface area contributed by atoms with Gasteiger partial charge in [0.2, 0.25) is 5.91 Å². The van der Waals surface area contributed by atoms with Crippen molar-refractivity contribution in [2.75, 3.05) is 36.5 Å². The van der Waals surface area contributed by atoms with Gasteiger partial charge >= 0.3 is 0 Å². The summed E-state index contributed by atoms with van der Waals surface area (Å²) in [7, 11) is 0. The molecule has 0 bridgehead atoms. The minimum absolute atomic E-state index is 0.0826. The molecule has 2 aromatic rings. The van der Waals surface area contributed by atoms with E-state index < -0.39 is 5.91 Å². The molecule has 0 unspecified atom stereocenters. The van der Waals surface area contributed by atoms with Gasteiger partial charge in [-0.15, -0.1) is 0 Å². The number of fused-ring (bicyclic) bond motifs is 1. The molecule has 1 saturated heterocycles. The van der Waals surface area contributed by atoms with Gasteiger partial charge in [0.1, 0.15) is 18.1 Å². The molecule has 0 spiro atoms. The highest BCUT2D eigenvalue weighted by molar-refractivity contribution is 6.06. The maximum Gasteiger partial charge on any atom is 0.265 e. The Balaban J connectivity index is 1.55. The van der Waals surface area contributed by atoms with Crippen molar-refractivity contribution in [3.63, 3.8) is 0 Å². The number of carbonyl (C=O) groups is 3. The third-order valence-electron chi connectivity index (χ3n) is 4.74. The third kappa shape index (κ3) is 3.55. The van der Waals surface area contributed by atoms with Crippen molar-refractivity contribution in [1.29, 1.82) is 0 Å². The predicted octanol–water partition coefficient (Wildman–Crippen LogP) is 1.58. The van der Waals surface area contributed by atoms with Gasteiger partial charge in [-0.1, -0.05) is 5.16 Å². The lowest BCUT2D eigenvalue weighted by molar-refractivity contribution is -0.123. The number of carbonyl (C=O) groups excluding carboxylic acids is 3. The van der Waals surface area contributed by atoms with Crippen LogP contribution >= 0.6 is 0 Å². The molecule has 1 aromatic carbocycles. The van der Waals surface area contributed by atoms with E-state index in [1.54, 1.807) is 36.1 Å². The number of aryl methyl sites for hydroxylation is 1. The standard InChI is InChI=1S/C19H20N4O5/c1-12-8-16(21-28-12)20-17(24)10-23-14-9-13(19(26)22-6-2-3-7-22)4-5-15(14)27-11-18(23)25/h4-5,8-9H,2-3,6-7,10-11H2,1H3,(H,20,21,24). The first kappa shape index (κ1) is 18.0. The minimum atomic E-state index is -0.425. The van der Waals surface area contributed by atoms with Gasteiger partial charge in [-0.05, 0) is 38.0 Å². The smallest absolute Gasteiger partial charge is 0.265 e. The van der Waals surface area contributed by atoms with Gasteiger partial charge in [-0.2, -0.15) is 0 Å². The summed E-state index contributed by atoms with van der Waals surface area (Å²) in [6.45, 7) is 2.79. The maximum absolute atomic E-state index is 12.7. The second kappa shape index (κ2) is 7.34. The Labute approximate surface area is 161 Å². The number of ether oxygens (including phenoxy) is 1. The third-order valence-corrected chi connectivity index (χ3v) is 4.74. The van der Waals surface area contributed by atoms with Crippen LogP contribution < -0.4 is 15.0 Å². The summed E-state index contributed by atoms with van der Waals surface area (Å²) in [5, 5.41) is 6.30. The average molecular weight is 384 g/mol. The number of aromatic nitrogens is 1. The molecular formula is C19H20N4O5. The molecule has 2 aliphatic rings. The topological polar surface area (TPSA) is 105 Å². The van der Waals surface area contributed by atoms with E-state index in [1.807, 2.05) is 0 Å². The molecule has 0 atom stereocenters. The SMILES string of the molecule is Cc1cc(NC(=O)CN2C(=O)COc3ccc(C(=O)N4CCCC4)cc32)no1. The van der Waals surface area contributed by atoms with Crippen LogP contribution in [0.2, 0.25) is 0 Å². The second-order valence-electron chi connectivity index (χ2n) is 6.82. The van der Waals surface area contributed by atoms with Crippen LogP contribution in [-0.2, 0) is 9.59 Å². The first-order valence-corrected chi connectivity index (χ1v) is 9.11. The van der Waals surface area contributed by atoms with Gasteiger partial charge in [-0.3, -0.25) is 19.3 Å². The van der Waals surface area contributed by atoms with Crippen molar-refractivity contribution in [3.05, 3.63) is 35.6 Å². The molecule has 0 radical (unpaired) electrons. The molecule has 1 fully saturated rings. The maximum atomic E-state index is 12.7. The van der Waals surface area contributed by atoms with E-state index >= 15 is 0 Å². The lowest BCUT2D eigenvalue weighted by atomic mass is 10.1. The largest absolute Gasteiger partial charge is 0.482 e. The van der Waals surface area contributed by atoms with Crippen LogP contribution in [0.25, 0.3) is 0 Å². The Hall–Kier alpha value is -3.36. The summed E-state index contributed by atoms with van der Waals surface area (Å²) in [5.74, 6) is 0.438. The molecular weight excluding hydrogens is 364 g/mol. The highest BCUT2D eigenvalue weighted by atomic mass is 16.5. The van der Waals surface area contributed by atoms with Crippen LogP contribution in [0.1, 0.15) is 29.0 Å². The van der Waals surface area contributed by atoms with Crippen LogP contribution in [-0.4, -0.2) is 54.0 Å². The molecule has 4 rings (SSSR count). The van der Waals surface area contributed by atoms with E-state index in [4.69, 9.17) is 9.26 Å². The highest BCUT2D eigenvalue weighted by Gasteiger charge is 2.29. The number of anilines is 2. The summed E-state index contributed by atoms with van der Waals surface area (Å²) >= 11 is 0. The number of likely N-dealkylation sites (tertiary alicyclic amines) is 1.